The molecule has 2 atom stereocenters. The Bertz CT molecular complexity index is 1040. The summed E-state index contributed by atoms with van der Waals surface area (Å²) in [5, 5.41) is 0. The maximum Gasteiger partial charge on any atom is 0.144 e. The van der Waals surface area contributed by atoms with Crippen molar-refractivity contribution in [1.29, 1.82) is 0 Å². The van der Waals surface area contributed by atoms with Gasteiger partial charge in [0.25, 0.3) is 0 Å². The lowest BCUT2D eigenvalue weighted by Crippen LogP contribution is -2.10. The summed E-state index contributed by atoms with van der Waals surface area (Å²) >= 11 is 0. The third-order valence-corrected chi connectivity index (χ3v) is 6.38. The highest BCUT2D eigenvalue weighted by Crippen LogP contribution is 2.52. The SMILES string of the molecule is CCCc1nc(C)c(OC)c2c1CC(c1ccc(OC)c(C)c1)C2c1ccccc1. The molecule has 1 aromatic heterocycles. The van der Waals surface area contributed by atoms with E-state index in [1.54, 1.807) is 14.2 Å². The first-order chi connectivity index (χ1) is 14.6. The van der Waals surface area contributed by atoms with Crippen LogP contribution in [0.1, 0.15) is 64.4 Å². The van der Waals surface area contributed by atoms with Crippen molar-refractivity contribution in [2.24, 2.45) is 0 Å². The molecule has 4 rings (SSSR count). The normalized spacial score (nSPS) is 17.6. The molecule has 3 aromatic rings. The van der Waals surface area contributed by atoms with E-state index < -0.39 is 0 Å². The van der Waals surface area contributed by atoms with Gasteiger partial charge in [-0.3, -0.25) is 4.98 Å². The summed E-state index contributed by atoms with van der Waals surface area (Å²) in [4.78, 5) is 4.96. The molecule has 0 bridgehead atoms. The van der Waals surface area contributed by atoms with E-state index in [2.05, 4.69) is 69.3 Å². The Kier molecular flexibility index (Phi) is 5.80. The topological polar surface area (TPSA) is 31.4 Å². The molecule has 3 heteroatoms. The van der Waals surface area contributed by atoms with Crippen molar-refractivity contribution in [3.63, 3.8) is 0 Å². The smallest absolute Gasteiger partial charge is 0.144 e. The maximum absolute atomic E-state index is 5.93. The molecule has 0 aliphatic heterocycles. The first-order valence-corrected chi connectivity index (χ1v) is 10.8. The second kappa shape index (κ2) is 8.51. The van der Waals surface area contributed by atoms with Gasteiger partial charge in [-0.15, -0.1) is 0 Å². The number of aryl methyl sites for hydroxylation is 3. The van der Waals surface area contributed by atoms with Crippen molar-refractivity contribution in [2.45, 2.75) is 51.9 Å². The van der Waals surface area contributed by atoms with Crippen LogP contribution in [0.15, 0.2) is 48.5 Å². The maximum atomic E-state index is 5.93. The molecule has 1 aliphatic rings. The average Bonchev–Trinajstić information content (AvgIpc) is 3.15. The van der Waals surface area contributed by atoms with E-state index in [9.17, 15) is 0 Å². The number of hydrogen-bond donors (Lipinski definition) is 0. The summed E-state index contributed by atoms with van der Waals surface area (Å²) in [6, 6.07) is 17.5. The highest BCUT2D eigenvalue weighted by atomic mass is 16.5. The van der Waals surface area contributed by atoms with Crippen molar-refractivity contribution in [1.82, 2.24) is 4.98 Å². The summed E-state index contributed by atoms with van der Waals surface area (Å²) in [6.07, 6.45) is 3.08. The molecule has 0 radical (unpaired) electrons. The van der Waals surface area contributed by atoms with Gasteiger partial charge in [0.2, 0.25) is 0 Å². The van der Waals surface area contributed by atoms with Gasteiger partial charge in [0.15, 0.2) is 0 Å². The van der Waals surface area contributed by atoms with Crippen LogP contribution in [0, 0.1) is 13.8 Å². The van der Waals surface area contributed by atoms with Crippen LogP contribution in [0.5, 0.6) is 11.5 Å². The predicted molar refractivity (Wildman–Crippen MR) is 122 cm³/mol. The zero-order valence-electron chi connectivity index (χ0n) is 18.7. The summed E-state index contributed by atoms with van der Waals surface area (Å²) in [5.41, 5.74) is 8.80. The van der Waals surface area contributed by atoms with Gasteiger partial charge in [0.05, 0.1) is 19.9 Å². The van der Waals surface area contributed by atoms with E-state index in [1.807, 2.05) is 0 Å². The summed E-state index contributed by atoms with van der Waals surface area (Å²) < 4.78 is 11.4. The van der Waals surface area contributed by atoms with Crippen LogP contribution in [0.3, 0.4) is 0 Å². The number of nitrogens with zero attached hydrogens (tertiary/aromatic N) is 1. The monoisotopic (exact) mass is 401 g/mol. The van der Waals surface area contributed by atoms with E-state index >= 15 is 0 Å². The largest absolute Gasteiger partial charge is 0.496 e. The number of methoxy groups -OCH3 is 2. The van der Waals surface area contributed by atoms with Gasteiger partial charge < -0.3 is 9.47 Å². The number of benzene rings is 2. The average molecular weight is 402 g/mol. The molecular formula is C27H31NO2. The van der Waals surface area contributed by atoms with Gasteiger partial charge in [0.1, 0.15) is 11.5 Å². The predicted octanol–water partition coefficient (Wildman–Crippen LogP) is 6.14. The van der Waals surface area contributed by atoms with Crippen LogP contribution in [0.25, 0.3) is 0 Å². The number of hydrogen-bond acceptors (Lipinski definition) is 3. The van der Waals surface area contributed by atoms with Crippen molar-refractivity contribution < 1.29 is 9.47 Å². The minimum atomic E-state index is 0.251. The Morgan fingerprint density at radius 2 is 1.73 bits per heavy atom. The van der Waals surface area contributed by atoms with E-state index in [-0.39, 0.29) is 5.92 Å². The van der Waals surface area contributed by atoms with Gasteiger partial charge in [-0.05, 0) is 60.9 Å². The van der Waals surface area contributed by atoms with Crippen molar-refractivity contribution >= 4 is 0 Å². The first kappa shape index (κ1) is 20.5. The van der Waals surface area contributed by atoms with Crippen LogP contribution in [0.2, 0.25) is 0 Å². The molecule has 0 saturated heterocycles. The third kappa shape index (κ3) is 3.47. The van der Waals surface area contributed by atoms with Crippen LogP contribution in [-0.2, 0) is 12.8 Å². The van der Waals surface area contributed by atoms with Crippen molar-refractivity contribution in [3.05, 3.63) is 87.7 Å². The second-order valence-corrected chi connectivity index (χ2v) is 8.25. The molecule has 3 nitrogen and oxygen atoms in total. The van der Waals surface area contributed by atoms with Gasteiger partial charge in [-0.2, -0.15) is 0 Å². The fraction of sp³-hybridized carbons (Fsp3) is 0.370. The van der Waals surface area contributed by atoms with Gasteiger partial charge in [-0.1, -0.05) is 55.8 Å². The fourth-order valence-electron chi connectivity index (χ4n) is 5.11. The highest BCUT2D eigenvalue weighted by Gasteiger charge is 2.39. The molecule has 0 N–H and O–H groups in total. The molecule has 0 saturated carbocycles. The Morgan fingerprint density at radius 3 is 2.37 bits per heavy atom. The zero-order valence-corrected chi connectivity index (χ0v) is 18.7. The Hall–Kier alpha value is -2.81. The Labute approximate surface area is 180 Å². The lowest BCUT2D eigenvalue weighted by molar-refractivity contribution is 0.401. The Balaban J connectivity index is 1.93. The highest BCUT2D eigenvalue weighted by molar-refractivity contribution is 5.58. The number of aromatic nitrogens is 1. The van der Waals surface area contributed by atoms with Crippen LogP contribution in [-0.4, -0.2) is 19.2 Å². The first-order valence-electron chi connectivity index (χ1n) is 10.8. The number of fused-ring (bicyclic) bond motifs is 1. The van der Waals surface area contributed by atoms with E-state index in [1.165, 1.54) is 33.5 Å². The molecule has 1 heterocycles. The molecular weight excluding hydrogens is 370 g/mol. The van der Waals surface area contributed by atoms with Crippen LogP contribution >= 0.6 is 0 Å². The molecule has 156 valence electrons. The van der Waals surface area contributed by atoms with Gasteiger partial charge >= 0.3 is 0 Å². The van der Waals surface area contributed by atoms with Crippen LogP contribution < -0.4 is 9.47 Å². The fourth-order valence-corrected chi connectivity index (χ4v) is 5.11. The third-order valence-electron chi connectivity index (χ3n) is 6.38. The van der Waals surface area contributed by atoms with E-state index in [0.717, 1.165) is 36.5 Å². The van der Waals surface area contributed by atoms with Crippen LogP contribution in [0.4, 0.5) is 0 Å². The molecule has 0 fully saturated rings. The molecule has 2 unspecified atom stereocenters. The minimum Gasteiger partial charge on any atom is -0.496 e. The van der Waals surface area contributed by atoms with Gasteiger partial charge in [-0.25, -0.2) is 0 Å². The lowest BCUT2D eigenvalue weighted by atomic mass is 9.81. The van der Waals surface area contributed by atoms with Crippen molar-refractivity contribution in [2.75, 3.05) is 14.2 Å². The number of pyridine rings is 1. The van der Waals surface area contributed by atoms with E-state index in [0.29, 0.717) is 5.92 Å². The quantitative estimate of drug-likeness (QED) is 0.497. The summed E-state index contributed by atoms with van der Waals surface area (Å²) in [6.45, 7) is 6.42. The number of ether oxygens (including phenoxy) is 2. The van der Waals surface area contributed by atoms with Crippen molar-refractivity contribution in [3.8, 4) is 11.5 Å². The summed E-state index contributed by atoms with van der Waals surface area (Å²) in [5.74, 6) is 2.49. The molecule has 0 spiro atoms. The second-order valence-electron chi connectivity index (χ2n) is 8.25. The standard InChI is InChI=1S/C27H31NO2/c1-6-10-23-22-16-21(20-13-14-24(29-4)17(2)15-20)25(19-11-8-7-9-12-19)26(22)27(30-5)18(3)28-23/h7-9,11-15,21,25H,6,10,16H2,1-5H3. The Morgan fingerprint density at radius 1 is 0.967 bits per heavy atom. The molecule has 30 heavy (non-hydrogen) atoms. The molecule has 0 amide bonds. The lowest BCUT2D eigenvalue weighted by Gasteiger charge is -2.24. The number of rotatable bonds is 6. The molecule has 1 aliphatic carbocycles. The van der Waals surface area contributed by atoms with Gasteiger partial charge in [0, 0.05) is 17.2 Å². The van der Waals surface area contributed by atoms with E-state index in [4.69, 9.17) is 14.5 Å². The zero-order chi connectivity index (χ0) is 21.3. The summed E-state index contributed by atoms with van der Waals surface area (Å²) in [7, 11) is 3.51. The molecule has 2 aromatic carbocycles. The minimum absolute atomic E-state index is 0.251.